The SMILES string of the molecule is CCNS(=O)(=O)c1ccc(CNC(=O)C(C)CN)cc1.Cl. The van der Waals surface area contributed by atoms with Crippen LogP contribution in [-0.4, -0.2) is 27.4 Å². The first-order valence-corrected chi connectivity index (χ1v) is 7.95. The van der Waals surface area contributed by atoms with Crippen LogP contribution in [0.15, 0.2) is 29.2 Å². The van der Waals surface area contributed by atoms with E-state index in [0.717, 1.165) is 5.56 Å². The lowest BCUT2D eigenvalue weighted by Gasteiger charge is -2.10. The van der Waals surface area contributed by atoms with Crippen LogP contribution in [0.2, 0.25) is 0 Å². The molecule has 8 heteroatoms. The largest absolute Gasteiger partial charge is 0.352 e. The number of halogens is 1. The summed E-state index contributed by atoms with van der Waals surface area (Å²) in [5.41, 5.74) is 6.24. The van der Waals surface area contributed by atoms with Gasteiger partial charge in [-0.1, -0.05) is 26.0 Å². The van der Waals surface area contributed by atoms with Gasteiger partial charge < -0.3 is 11.1 Å². The van der Waals surface area contributed by atoms with E-state index in [1.807, 2.05) is 0 Å². The van der Waals surface area contributed by atoms with Crippen molar-refractivity contribution in [3.05, 3.63) is 29.8 Å². The van der Waals surface area contributed by atoms with Gasteiger partial charge in [-0.15, -0.1) is 12.4 Å². The Bertz CT molecular complexity index is 546. The van der Waals surface area contributed by atoms with Gasteiger partial charge in [0.1, 0.15) is 0 Å². The van der Waals surface area contributed by atoms with E-state index in [2.05, 4.69) is 10.0 Å². The van der Waals surface area contributed by atoms with E-state index in [4.69, 9.17) is 5.73 Å². The lowest BCUT2D eigenvalue weighted by atomic mass is 10.1. The zero-order valence-corrected chi connectivity index (χ0v) is 13.8. The number of sulfonamides is 1. The van der Waals surface area contributed by atoms with Crippen molar-refractivity contribution in [2.45, 2.75) is 25.3 Å². The zero-order valence-electron chi connectivity index (χ0n) is 12.1. The molecule has 4 N–H and O–H groups in total. The standard InChI is InChI=1S/C13H21N3O3S.ClH/c1-3-16-20(18,19)12-6-4-11(5-7-12)9-15-13(17)10(2)8-14;/h4-7,10,16H,3,8-9,14H2,1-2H3,(H,15,17);1H. The van der Waals surface area contributed by atoms with Crippen LogP contribution >= 0.6 is 12.4 Å². The van der Waals surface area contributed by atoms with Crippen LogP contribution in [-0.2, 0) is 21.4 Å². The Morgan fingerprint density at radius 3 is 2.33 bits per heavy atom. The van der Waals surface area contributed by atoms with Gasteiger partial charge in [0.15, 0.2) is 0 Å². The van der Waals surface area contributed by atoms with Crippen LogP contribution in [0, 0.1) is 5.92 Å². The van der Waals surface area contributed by atoms with Crippen molar-refractivity contribution in [1.29, 1.82) is 0 Å². The molecular formula is C13H22ClN3O3S. The molecule has 0 saturated heterocycles. The van der Waals surface area contributed by atoms with Gasteiger partial charge in [-0.2, -0.15) is 0 Å². The zero-order chi connectivity index (χ0) is 15.2. The molecule has 1 unspecified atom stereocenters. The summed E-state index contributed by atoms with van der Waals surface area (Å²) in [6.07, 6.45) is 0. The predicted molar refractivity (Wildman–Crippen MR) is 84.6 cm³/mol. The molecule has 0 bridgehead atoms. The number of carbonyl (C=O) groups excluding carboxylic acids is 1. The van der Waals surface area contributed by atoms with E-state index in [9.17, 15) is 13.2 Å². The summed E-state index contributed by atoms with van der Waals surface area (Å²) in [6.45, 7) is 4.47. The van der Waals surface area contributed by atoms with E-state index in [-0.39, 0.29) is 29.1 Å². The summed E-state index contributed by atoms with van der Waals surface area (Å²) in [6, 6.07) is 6.40. The van der Waals surface area contributed by atoms with Gasteiger partial charge in [0, 0.05) is 25.6 Å². The van der Waals surface area contributed by atoms with Crippen molar-refractivity contribution < 1.29 is 13.2 Å². The van der Waals surface area contributed by atoms with E-state index in [1.54, 1.807) is 26.0 Å². The van der Waals surface area contributed by atoms with Crippen molar-refractivity contribution in [2.24, 2.45) is 11.7 Å². The maximum Gasteiger partial charge on any atom is 0.240 e. The fourth-order valence-electron chi connectivity index (χ4n) is 1.53. The molecule has 0 aromatic heterocycles. The fraction of sp³-hybridized carbons (Fsp3) is 0.462. The molecule has 1 aromatic carbocycles. The van der Waals surface area contributed by atoms with Crippen LogP contribution in [0.4, 0.5) is 0 Å². The van der Waals surface area contributed by atoms with Crippen molar-refractivity contribution in [2.75, 3.05) is 13.1 Å². The number of nitrogens with one attached hydrogen (secondary N) is 2. The van der Waals surface area contributed by atoms with E-state index in [0.29, 0.717) is 19.6 Å². The number of nitrogens with two attached hydrogens (primary N) is 1. The second kappa shape index (κ2) is 8.99. The number of benzene rings is 1. The molecule has 1 amide bonds. The van der Waals surface area contributed by atoms with Gasteiger partial charge in [0.05, 0.1) is 4.90 Å². The molecule has 0 radical (unpaired) electrons. The molecule has 1 aromatic rings. The van der Waals surface area contributed by atoms with Gasteiger partial charge in [0.2, 0.25) is 15.9 Å². The molecule has 0 spiro atoms. The topological polar surface area (TPSA) is 101 Å². The lowest BCUT2D eigenvalue weighted by Crippen LogP contribution is -2.32. The molecule has 21 heavy (non-hydrogen) atoms. The molecule has 0 aliphatic carbocycles. The molecule has 1 rings (SSSR count). The third kappa shape index (κ3) is 6.01. The van der Waals surface area contributed by atoms with Crippen molar-refractivity contribution in [1.82, 2.24) is 10.0 Å². The van der Waals surface area contributed by atoms with Crippen LogP contribution in [0.5, 0.6) is 0 Å². The monoisotopic (exact) mass is 335 g/mol. The first-order valence-electron chi connectivity index (χ1n) is 6.47. The Morgan fingerprint density at radius 2 is 1.86 bits per heavy atom. The van der Waals surface area contributed by atoms with Gasteiger partial charge in [0.25, 0.3) is 0 Å². The van der Waals surface area contributed by atoms with Gasteiger partial charge in [-0.05, 0) is 17.7 Å². The molecule has 6 nitrogen and oxygen atoms in total. The highest BCUT2D eigenvalue weighted by molar-refractivity contribution is 7.89. The molecule has 0 heterocycles. The number of carbonyl (C=O) groups is 1. The number of rotatable bonds is 7. The van der Waals surface area contributed by atoms with Gasteiger partial charge >= 0.3 is 0 Å². The van der Waals surface area contributed by atoms with Crippen molar-refractivity contribution >= 4 is 28.3 Å². The maximum absolute atomic E-state index is 11.7. The fourth-order valence-corrected chi connectivity index (χ4v) is 2.57. The van der Waals surface area contributed by atoms with Crippen LogP contribution in [0.3, 0.4) is 0 Å². The maximum atomic E-state index is 11.7. The van der Waals surface area contributed by atoms with Crippen molar-refractivity contribution in [3.63, 3.8) is 0 Å². The van der Waals surface area contributed by atoms with Crippen LogP contribution in [0.25, 0.3) is 0 Å². The van der Waals surface area contributed by atoms with Crippen LogP contribution < -0.4 is 15.8 Å². The summed E-state index contributed by atoms with van der Waals surface area (Å²) in [5.74, 6) is -0.347. The Morgan fingerprint density at radius 1 is 1.29 bits per heavy atom. The summed E-state index contributed by atoms with van der Waals surface area (Å²) in [7, 11) is -3.43. The average molecular weight is 336 g/mol. The van der Waals surface area contributed by atoms with Crippen molar-refractivity contribution in [3.8, 4) is 0 Å². The third-order valence-corrected chi connectivity index (χ3v) is 4.40. The average Bonchev–Trinajstić information content (AvgIpc) is 2.44. The summed E-state index contributed by atoms with van der Waals surface area (Å²) in [4.78, 5) is 11.8. The highest BCUT2D eigenvalue weighted by atomic mass is 35.5. The normalized spacial score (nSPS) is 12.3. The molecule has 0 aliphatic heterocycles. The Balaban J connectivity index is 0.00000400. The summed E-state index contributed by atoms with van der Waals surface area (Å²) in [5, 5.41) is 2.75. The minimum Gasteiger partial charge on any atom is -0.352 e. The van der Waals surface area contributed by atoms with E-state index >= 15 is 0 Å². The molecule has 0 saturated carbocycles. The highest BCUT2D eigenvalue weighted by Gasteiger charge is 2.13. The number of hydrogen-bond acceptors (Lipinski definition) is 4. The minimum atomic E-state index is -3.43. The molecule has 120 valence electrons. The first-order chi connectivity index (χ1) is 9.40. The smallest absolute Gasteiger partial charge is 0.240 e. The number of hydrogen-bond donors (Lipinski definition) is 3. The first kappa shape index (κ1) is 19.9. The molecule has 1 atom stereocenters. The quantitative estimate of drug-likeness (QED) is 0.679. The summed E-state index contributed by atoms with van der Waals surface area (Å²) < 4.78 is 25.9. The van der Waals surface area contributed by atoms with E-state index in [1.165, 1.54) is 12.1 Å². The van der Waals surface area contributed by atoms with E-state index < -0.39 is 10.0 Å². The van der Waals surface area contributed by atoms with Crippen LogP contribution in [0.1, 0.15) is 19.4 Å². The molecule has 0 fully saturated rings. The molecule has 0 aliphatic rings. The number of amides is 1. The lowest BCUT2D eigenvalue weighted by molar-refractivity contribution is -0.124. The Kier molecular flexibility index (Phi) is 8.50. The minimum absolute atomic E-state index is 0. The second-order valence-electron chi connectivity index (χ2n) is 4.50. The third-order valence-electron chi connectivity index (χ3n) is 2.84. The Labute approximate surface area is 132 Å². The summed E-state index contributed by atoms with van der Waals surface area (Å²) >= 11 is 0. The Hall–Kier alpha value is -1.15. The highest BCUT2D eigenvalue weighted by Crippen LogP contribution is 2.10. The van der Waals surface area contributed by atoms with Gasteiger partial charge in [-0.3, -0.25) is 4.79 Å². The second-order valence-corrected chi connectivity index (χ2v) is 6.27. The van der Waals surface area contributed by atoms with Gasteiger partial charge in [-0.25, -0.2) is 13.1 Å². The molecular weight excluding hydrogens is 314 g/mol. The predicted octanol–water partition coefficient (Wildman–Crippen LogP) is 0.618.